The van der Waals surface area contributed by atoms with E-state index >= 15 is 0 Å². The van der Waals surface area contributed by atoms with Crippen molar-refractivity contribution in [3.63, 3.8) is 0 Å². The van der Waals surface area contributed by atoms with Gasteiger partial charge in [0.05, 0.1) is 23.2 Å². The first-order valence-corrected chi connectivity index (χ1v) is 9.97. The molecule has 0 unspecified atom stereocenters. The lowest BCUT2D eigenvalue weighted by atomic mass is 10.1. The minimum atomic E-state index is -0.527. The number of furan rings is 1. The molecule has 0 saturated carbocycles. The highest BCUT2D eigenvalue weighted by Gasteiger charge is 2.18. The molecular formula is C23H17ClN4O4. The number of carbonyl (C=O) groups is 1. The summed E-state index contributed by atoms with van der Waals surface area (Å²) in [5.74, 6) is 0.277. The van der Waals surface area contributed by atoms with E-state index in [-0.39, 0.29) is 23.2 Å². The highest BCUT2D eigenvalue weighted by Crippen LogP contribution is 2.33. The monoisotopic (exact) mass is 448 g/mol. The summed E-state index contributed by atoms with van der Waals surface area (Å²) in [7, 11) is 0. The smallest absolute Gasteiger partial charge is 0.281 e. The third kappa shape index (κ3) is 4.76. The van der Waals surface area contributed by atoms with E-state index in [4.69, 9.17) is 16.0 Å². The molecule has 4 rings (SSSR count). The third-order valence-electron chi connectivity index (χ3n) is 4.66. The van der Waals surface area contributed by atoms with Crippen molar-refractivity contribution in [2.24, 2.45) is 5.10 Å². The van der Waals surface area contributed by atoms with Crippen molar-refractivity contribution in [2.45, 2.75) is 0 Å². The number of nitro groups is 1. The standard InChI is InChI=1S/C23H17ClN4O4/c24-16-8-10-19(21(12-16)28(30)31)22-11-9-17(32-22)13-26-27-23(29)14-25-20-7-3-5-15-4-1-2-6-18(15)20/h1-13,25H,14H2,(H,27,29)/b26-13-. The Hall–Kier alpha value is -4.17. The number of anilines is 1. The summed E-state index contributed by atoms with van der Waals surface area (Å²) in [6, 6.07) is 21.2. The van der Waals surface area contributed by atoms with Crippen LogP contribution in [0.3, 0.4) is 0 Å². The molecule has 0 aliphatic heterocycles. The van der Waals surface area contributed by atoms with E-state index in [2.05, 4.69) is 15.8 Å². The second-order valence-electron chi connectivity index (χ2n) is 6.79. The Kier molecular flexibility index (Phi) is 6.14. The predicted octanol–water partition coefficient (Wildman–Crippen LogP) is 5.22. The summed E-state index contributed by atoms with van der Waals surface area (Å²) < 4.78 is 5.60. The number of hydrogen-bond donors (Lipinski definition) is 2. The molecule has 0 spiro atoms. The van der Waals surface area contributed by atoms with Gasteiger partial charge in [0.25, 0.3) is 11.6 Å². The van der Waals surface area contributed by atoms with E-state index in [1.165, 1.54) is 18.3 Å². The number of carbonyl (C=O) groups excluding carboxylic acids is 1. The first kappa shape index (κ1) is 21.1. The normalized spacial score (nSPS) is 11.0. The van der Waals surface area contributed by atoms with Gasteiger partial charge in [0, 0.05) is 22.2 Å². The summed E-state index contributed by atoms with van der Waals surface area (Å²) in [5.41, 5.74) is 3.40. The molecule has 9 heteroatoms. The van der Waals surface area contributed by atoms with Gasteiger partial charge >= 0.3 is 0 Å². The SMILES string of the molecule is O=C(CNc1cccc2ccccc12)N/N=C\c1ccc(-c2ccc(Cl)cc2[N+](=O)[O-])o1. The highest BCUT2D eigenvalue weighted by molar-refractivity contribution is 6.30. The van der Waals surface area contributed by atoms with Gasteiger partial charge in [-0.1, -0.05) is 48.0 Å². The number of fused-ring (bicyclic) bond motifs is 1. The van der Waals surface area contributed by atoms with Crippen molar-refractivity contribution < 1.29 is 14.1 Å². The van der Waals surface area contributed by atoms with Gasteiger partial charge in [-0.3, -0.25) is 14.9 Å². The molecule has 2 N–H and O–H groups in total. The lowest BCUT2D eigenvalue weighted by Crippen LogP contribution is -2.25. The Labute approximate surface area is 187 Å². The molecule has 160 valence electrons. The van der Waals surface area contributed by atoms with Crippen LogP contribution in [0.2, 0.25) is 5.02 Å². The Bertz CT molecular complexity index is 1330. The zero-order chi connectivity index (χ0) is 22.5. The second-order valence-corrected chi connectivity index (χ2v) is 7.23. The fourth-order valence-corrected chi connectivity index (χ4v) is 3.36. The van der Waals surface area contributed by atoms with Crippen molar-refractivity contribution in [3.8, 4) is 11.3 Å². The fourth-order valence-electron chi connectivity index (χ4n) is 3.19. The lowest BCUT2D eigenvalue weighted by Gasteiger charge is -2.08. The van der Waals surface area contributed by atoms with Gasteiger partial charge in [-0.2, -0.15) is 5.10 Å². The van der Waals surface area contributed by atoms with Crippen LogP contribution < -0.4 is 10.7 Å². The molecule has 0 saturated heterocycles. The number of nitrogens with one attached hydrogen (secondary N) is 2. The number of hydrogen-bond acceptors (Lipinski definition) is 6. The van der Waals surface area contributed by atoms with Crippen LogP contribution in [0.1, 0.15) is 5.76 Å². The average Bonchev–Trinajstić information content (AvgIpc) is 3.26. The van der Waals surface area contributed by atoms with E-state index in [1.54, 1.807) is 18.2 Å². The van der Waals surface area contributed by atoms with E-state index in [0.29, 0.717) is 17.1 Å². The quantitative estimate of drug-likeness (QED) is 0.229. The summed E-state index contributed by atoms with van der Waals surface area (Å²) in [4.78, 5) is 22.9. The topological polar surface area (TPSA) is 110 Å². The second kappa shape index (κ2) is 9.32. The molecule has 0 bridgehead atoms. The maximum absolute atomic E-state index is 12.1. The van der Waals surface area contributed by atoms with Gasteiger partial charge in [0.2, 0.25) is 0 Å². The number of rotatable bonds is 7. The number of halogens is 1. The van der Waals surface area contributed by atoms with Crippen molar-refractivity contribution in [3.05, 3.63) is 93.7 Å². The lowest BCUT2D eigenvalue weighted by molar-refractivity contribution is -0.384. The van der Waals surface area contributed by atoms with Crippen LogP contribution in [0, 0.1) is 10.1 Å². The first-order valence-electron chi connectivity index (χ1n) is 9.59. The summed E-state index contributed by atoms with van der Waals surface area (Å²) in [5, 5.41) is 20.6. The van der Waals surface area contributed by atoms with Gasteiger partial charge in [-0.15, -0.1) is 0 Å². The molecule has 0 aliphatic rings. The molecule has 8 nitrogen and oxygen atoms in total. The van der Waals surface area contributed by atoms with Gasteiger partial charge in [-0.25, -0.2) is 5.43 Å². The van der Waals surface area contributed by atoms with E-state index in [1.807, 2.05) is 42.5 Å². The number of benzene rings is 3. The molecular weight excluding hydrogens is 432 g/mol. The minimum absolute atomic E-state index is 0.0335. The fraction of sp³-hybridized carbons (Fsp3) is 0.0435. The van der Waals surface area contributed by atoms with Gasteiger partial charge in [0.15, 0.2) is 0 Å². The van der Waals surface area contributed by atoms with Crippen molar-refractivity contribution in [1.29, 1.82) is 0 Å². The van der Waals surface area contributed by atoms with Crippen molar-refractivity contribution in [1.82, 2.24) is 5.43 Å². The molecule has 1 amide bonds. The van der Waals surface area contributed by atoms with Crippen LogP contribution in [0.25, 0.3) is 22.1 Å². The van der Waals surface area contributed by atoms with Crippen molar-refractivity contribution in [2.75, 3.05) is 11.9 Å². The molecule has 32 heavy (non-hydrogen) atoms. The third-order valence-corrected chi connectivity index (χ3v) is 4.89. The minimum Gasteiger partial charge on any atom is -0.455 e. The molecule has 1 heterocycles. The number of nitrogens with zero attached hydrogens (tertiary/aromatic N) is 2. The van der Waals surface area contributed by atoms with E-state index < -0.39 is 4.92 Å². The van der Waals surface area contributed by atoms with E-state index in [9.17, 15) is 14.9 Å². The van der Waals surface area contributed by atoms with Crippen molar-refractivity contribution >= 4 is 45.9 Å². The first-order chi connectivity index (χ1) is 15.5. The Morgan fingerprint density at radius 3 is 2.75 bits per heavy atom. The average molecular weight is 449 g/mol. The number of nitro benzene ring substituents is 1. The predicted molar refractivity (Wildman–Crippen MR) is 124 cm³/mol. The van der Waals surface area contributed by atoms with Crippen LogP contribution in [-0.2, 0) is 4.79 Å². The Morgan fingerprint density at radius 2 is 1.91 bits per heavy atom. The largest absolute Gasteiger partial charge is 0.455 e. The molecule has 0 atom stereocenters. The molecule has 0 fully saturated rings. The highest BCUT2D eigenvalue weighted by atomic mass is 35.5. The van der Waals surface area contributed by atoms with Crippen LogP contribution in [0.15, 0.2) is 82.3 Å². The Balaban J connectivity index is 1.37. The zero-order valence-corrected chi connectivity index (χ0v) is 17.4. The maximum Gasteiger partial charge on any atom is 0.281 e. The van der Waals surface area contributed by atoms with Gasteiger partial charge < -0.3 is 9.73 Å². The summed E-state index contributed by atoms with van der Waals surface area (Å²) in [6.45, 7) is 0.0335. The summed E-state index contributed by atoms with van der Waals surface area (Å²) >= 11 is 5.84. The Morgan fingerprint density at radius 1 is 1.09 bits per heavy atom. The van der Waals surface area contributed by atoms with E-state index in [0.717, 1.165) is 16.5 Å². The molecule has 0 radical (unpaired) electrons. The maximum atomic E-state index is 12.1. The molecule has 0 aliphatic carbocycles. The van der Waals surface area contributed by atoms with Gasteiger partial charge in [-0.05, 0) is 35.7 Å². The number of hydrazone groups is 1. The van der Waals surface area contributed by atoms with Crippen LogP contribution >= 0.6 is 11.6 Å². The summed E-state index contributed by atoms with van der Waals surface area (Å²) in [6.07, 6.45) is 1.32. The molecule has 1 aromatic heterocycles. The molecule has 4 aromatic rings. The number of amides is 1. The van der Waals surface area contributed by atoms with Crippen LogP contribution in [0.5, 0.6) is 0 Å². The van der Waals surface area contributed by atoms with Gasteiger partial charge in [0.1, 0.15) is 11.5 Å². The molecule has 3 aromatic carbocycles. The van der Waals surface area contributed by atoms with Crippen LogP contribution in [-0.4, -0.2) is 23.6 Å². The van der Waals surface area contributed by atoms with Crippen LogP contribution in [0.4, 0.5) is 11.4 Å². The zero-order valence-electron chi connectivity index (χ0n) is 16.6.